The fourth-order valence-electron chi connectivity index (χ4n) is 1.53. The van der Waals surface area contributed by atoms with Gasteiger partial charge in [0.15, 0.2) is 0 Å². The number of hydrogen-bond donors (Lipinski definition) is 1. The highest BCUT2D eigenvalue weighted by atomic mass is 14.9. The van der Waals surface area contributed by atoms with Crippen molar-refractivity contribution < 1.29 is 0 Å². The molecule has 72 valence electrons. The predicted octanol–water partition coefficient (Wildman–Crippen LogP) is 3.23. The van der Waals surface area contributed by atoms with Crippen molar-refractivity contribution >= 4 is 0 Å². The molecule has 0 aromatic rings. The Kier molecular flexibility index (Phi) is 3.35. The summed E-state index contributed by atoms with van der Waals surface area (Å²) in [7, 11) is 0. The lowest BCUT2D eigenvalue weighted by Gasteiger charge is -2.17. The van der Waals surface area contributed by atoms with E-state index in [0.717, 1.165) is 0 Å². The summed E-state index contributed by atoms with van der Waals surface area (Å²) in [6.07, 6.45) is 8.34. The normalized spacial score (nSPS) is 16.8. The molecular weight excluding hydrogens is 158 g/mol. The first-order valence-electron chi connectivity index (χ1n) is 4.96. The van der Waals surface area contributed by atoms with Crippen LogP contribution in [0.3, 0.4) is 0 Å². The smallest absolute Gasteiger partial charge is 0.0207 e. The zero-order chi connectivity index (χ0) is 9.84. The number of allylic oxidation sites excluding steroid dienone is 5. The van der Waals surface area contributed by atoms with Crippen molar-refractivity contribution in [1.29, 1.82) is 0 Å². The minimum Gasteiger partial charge on any atom is -0.365 e. The van der Waals surface area contributed by atoms with Gasteiger partial charge < -0.3 is 5.32 Å². The van der Waals surface area contributed by atoms with Crippen LogP contribution in [-0.4, -0.2) is 0 Å². The highest BCUT2D eigenvalue weighted by Crippen LogP contribution is 2.21. The standard InChI is InChI=1S/C12H19N/c1-9(2)11-7-5-6-8-13-12(11)10(3)4/h5-10,13H,1-4H3. The molecule has 0 bridgehead atoms. The molecular formula is C12H19N. The third-order valence-electron chi connectivity index (χ3n) is 2.23. The second kappa shape index (κ2) is 4.31. The average molecular weight is 177 g/mol. The topological polar surface area (TPSA) is 12.0 Å². The zero-order valence-electron chi connectivity index (χ0n) is 8.96. The van der Waals surface area contributed by atoms with Crippen LogP contribution in [0.15, 0.2) is 35.7 Å². The van der Waals surface area contributed by atoms with Crippen LogP contribution in [0.1, 0.15) is 27.7 Å². The van der Waals surface area contributed by atoms with Gasteiger partial charge in [-0.3, -0.25) is 0 Å². The van der Waals surface area contributed by atoms with Gasteiger partial charge in [0.25, 0.3) is 0 Å². The maximum atomic E-state index is 3.35. The minimum absolute atomic E-state index is 0.560. The van der Waals surface area contributed by atoms with Crippen molar-refractivity contribution in [2.24, 2.45) is 11.8 Å². The van der Waals surface area contributed by atoms with Gasteiger partial charge in [0.05, 0.1) is 0 Å². The number of rotatable bonds is 2. The molecule has 0 fully saturated rings. The van der Waals surface area contributed by atoms with Gasteiger partial charge in [0.2, 0.25) is 0 Å². The van der Waals surface area contributed by atoms with Crippen molar-refractivity contribution in [2.75, 3.05) is 0 Å². The van der Waals surface area contributed by atoms with Crippen molar-refractivity contribution in [3.8, 4) is 0 Å². The largest absolute Gasteiger partial charge is 0.365 e. The maximum Gasteiger partial charge on any atom is 0.0207 e. The molecule has 1 nitrogen and oxygen atoms in total. The monoisotopic (exact) mass is 177 g/mol. The van der Waals surface area contributed by atoms with Crippen LogP contribution in [0, 0.1) is 11.8 Å². The molecule has 1 rings (SSSR count). The second-order valence-electron chi connectivity index (χ2n) is 4.04. The van der Waals surface area contributed by atoms with Gasteiger partial charge in [-0.25, -0.2) is 0 Å². The van der Waals surface area contributed by atoms with Crippen LogP contribution in [0.4, 0.5) is 0 Å². The molecule has 0 amide bonds. The first-order valence-corrected chi connectivity index (χ1v) is 4.96. The summed E-state index contributed by atoms with van der Waals surface area (Å²) >= 11 is 0. The second-order valence-corrected chi connectivity index (χ2v) is 4.04. The molecule has 0 saturated carbocycles. The molecule has 1 heteroatoms. The Morgan fingerprint density at radius 2 is 1.69 bits per heavy atom. The first kappa shape index (κ1) is 10.1. The summed E-state index contributed by atoms with van der Waals surface area (Å²) in [5, 5.41) is 3.35. The van der Waals surface area contributed by atoms with E-state index < -0.39 is 0 Å². The summed E-state index contributed by atoms with van der Waals surface area (Å²) in [6, 6.07) is 0. The first-order chi connectivity index (χ1) is 6.13. The molecule has 0 atom stereocenters. The average Bonchev–Trinajstić information content (AvgIpc) is 2.27. The van der Waals surface area contributed by atoms with Crippen molar-refractivity contribution in [1.82, 2.24) is 5.32 Å². The van der Waals surface area contributed by atoms with E-state index in [-0.39, 0.29) is 0 Å². The quantitative estimate of drug-likeness (QED) is 0.683. The van der Waals surface area contributed by atoms with Crippen molar-refractivity contribution in [3.05, 3.63) is 35.7 Å². The number of hydrogen-bond acceptors (Lipinski definition) is 1. The van der Waals surface area contributed by atoms with Crippen LogP contribution in [0.2, 0.25) is 0 Å². The molecule has 1 N–H and O–H groups in total. The molecule has 0 saturated heterocycles. The summed E-state index contributed by atoms with van der Waals surface area (Å²) in [6.45, 7) is 8.90. The lowest BCUT2D eigenvalue weighted by atomic mass is 9.95. The molecule has 1 heterocycles. The maximum absolute atomic E-state index is 3.35. The van der Waals surface area contributed by atoms with E-state index in [2.05, 4.69) is 45.2 Å². The molecule has 13 heavy (non-hydrogen) atoms. The van der Waals surface area contributed by atoms with Crippen LogP contribution >= 0.6 is 0 Å². The van der Waals surface area contributed by atoms with Gasteiger partial charge in [0.1, 0.15) is 0 Å². The molecule has 1 aliphatic heterocycles. The Labute approximate surface area is 81.2 Å². The third kappa shape index (κ3) is 2.48. The van der Waals surface area contributed by atoms with E-state index in [0.29, 0.717) is 11.8 Å². The Bertz CT molecular complexity index is 254. The van der Waals surface area contributed by atoms with Gasteiger partial charge in [0, 0.05) is 11.9 Å². The van der Waals surface area contributed by atoms with E-state index >= 15 is 0 Å². The van der Waals surface area contributed by atoms with E-state index in [1.807, 2.05) is 12.3 Å². The van der Waals surface area contributed by atoms with Crippen molar-refractivity contribution in [2.45, 2.75) is 27.7 Å². The number of nitrogens with one attached hydrogen (secondary N) is 1. The third-order valence-corrected chi connectivity index (χ3v) is 2.23. The Balaban J connectivity index is 3.02. The van der Waals surface area contributed by atoms with Crippen molar-refractivity contribution in [3.63, 3.8) is 0 Å². The highest BCUT2D eigenvalue weighted by Gasteiger charge is 2.11. The van der Waals surface area contributed by atoms with E-state index in [4.69, 9.17) is 0 Å². The summed E-state index contributed by atoms with van der Waals surface area (Å²) < 4.78 is 0. The summed E-state index contributed by atoms with van der Waals surface area (Å²) in [5.41, 5.74) is 2.76. The zero-order valence-corrected chi connectivity index (χ0v) is 8.96. The molecule has 0 aliphatic carbocycles. The fourth-order valence-corrected chi connectivity index (χ4v) is 1.53. The van der Waals surface area contributed by atoms with E-state index in [9.17, 15) is 0 Å². The van der Waals surface area contributed by atoms with E-state index in [1.54, 1.807) is 0 Å². The lowest BCUT2D eigenvalue weighted by Crippen LogP contribution is -2.14. The molecule has 0 unspecified atom stereocenters. The minimum atomic E-state index is 0.560. The summed E-state index contributed by atoms with van der Waals surface area (Å²) in [5.74, 6) is 1.14. The molecule has 1 aliphatic rings. The Morgan fingerprint density at radius 3 is 2.23 bits per heavy atom. The predicted molar refractivity (Wildman–Crippen MR) is 58.1 cm³/mol. The Hall–Kier alpha value is -0.980. The molecule has 0 aromatic heterocycles. The fraction of sp³-hybridized carbons (Fsp3) is 0.500. The van der Waals surface area contributed by atoms with Crippen LogP contribution in [-0.2, 0) is 0 Å². The summed E-state index contributed by atoms with van der Waals surface area (Å²) in [4.78, 5) is 0. The molecule has 0 aromatic carbocycles. The van der Waals surface area contributed by atoms with Crippen LogP contribution < -0.4 is 5.32 Å². The lowest BCUT2D eigenvalue weighted by molar-refractivity contribution is 0.667. The van der Waals surface area contributed by atoms with Gasteiger partial charge in [-0.15, -0.1) is 0 Å². The SMILES string of the molecule is CC(C)C1=C(C(C)C)NC=CC=C1. The van der Waals surface area contributed by atoms with Gasteiger partial charge in [-0.05, 0) is 23.5 Å². The Morgan fingerprint density at radius 1 is 1.00 bits per heavy atom. The molecule has 0 spiro atoms. The van der Waals surface area contributed by atoms with Gasteiger partial charge in [-0.1, -0.05) is 39.8 Å². The molecule has 0 radical (unpaired) electrons. The van der Waals surface area contributed by atoms with Crippen LogP contribution in [0.25, 0.3) is 0 Å². The van der Waals surface area contributed by atoms with Gasteiger partial charge in [-0.2, -0.15) is 0 Å². The van der Waals surface area contributed by atoms with Crippen LogP contribution in [0.5, 0.6) is 0 Å². The van der Waals surface area contributed by atoms with Gasteiger partial charge >= 0.3 is 0 Å². The van der Waals surface area contributed by atoms with E-state index in [1.165, 1.54) is 11.3 Å². The highest BCUT2D eigenvalue weighted by molar-refractivity contribution is 5.32.